The number of rotatable bonds is 8. The zero-order chi connectivity index (χ0) is 20.0. The number of thioether (sulfide) groups is 1. The van der Waals surface area contributed by atoms with Crippen LogP contribution in [0.5, 0.6) is 0 Å². The summed E-state index contributed by atoms with van der Waals surface area (Å²) in [7, 11) is 1.64. The highest BCUT2D eigenvalue weighted by Gasteiger charge is 2.23. The number of benzene rings is 1. The minimum Gasteiger partial charge on any atom is -0.335 e. The van der Waals surface area contributed by atoms with Gasteiger partial charge in [-0.3, -0.25) is 9.59 Å². The molecule has 1 heterocycles. The highest BCUT2D eigenvalue weighted by atomic mass is 32.2. The Bertz CT molecular complexity index is 805. The summed E-state index contributed by atoms with van der Waals surface area (Å²) >= 11 is 1.36. The molecule has 7 nitrogen and oxygen atoms in total. The van der Waals surface area contributed by atoms with E-state index in [1.165, 1.54) is 16.7 Å². The molecule has 8 heteroatoms. The number of carbonyl (C=O) groups excluding carboxylic acids is 2. The second kappa shape index (κ2) is 9.55. The molecule has 2 rings (SSSR count). The molecule has 146 valence electrons. The van der Waals surface area contributed by atoms with Crippen LogP contribution in [-0.4, -0.2) is 50.3 Å². The zero-order valence-electron chi connectivity index (χ0n) is 16.5. The van der Waals surface area contributed by atoms with Gasteiger partial charge in [-0.05, 0) is 38.8 Å². The van der Waals surface area contributed by atoms with Crippen LogP contribution in [0.3, 0.4) is 0 Å². The lowest BCUT2D eigenvalue weighted by molar-refractivity contribution is -0.132. The molecule has 27 heavy (non-hydrogen) atoms. The van der Waals surface area contributed by atoms with E-state index < -0.39 is 0 Å². The molecule has 0 radical (unpaired) electrons. The van der Waals surface area contributed by atoms with Gasteiger partial charge in [0, 0.05) is 19.3 Å². The van der Waals surface area contributed by atoms with Crippen molar-refractivity contribution in [2.45, 2.75) is 51.1 Å². The number of likely N-dealkylation sites (N-methyl/N-ethyl adjacent to an activating group) is 1. The van der Waals surface area contributed by atoms with E-state index in [4.69, 9.17) is 0 Å². The van der Waals surface area contributed by atoms with E-state index >= 15 is 0 Å². The number of nitrogens with zero attached hydrogens (tertiary/aromatic N) is 4. The predicted molar refractivity (Wildman–Crippen MR) is 108 cm³/mol. The van der Waals surface area contributed by atoms with Gasteiger partial charge in [-0.2, -0.15) is 0 Å². The quantitative estimate of drug-likeness (QED) is 0.702. The Morgan fingerprint density at radius 1 is 1.26 bits per heavy atom. The number of para-hydroxylation sites is 1. The predicted octanol–water partition coefficient (Wildman–Crippen LogP) is 2.75. The summed E-state index contributed by atoms with van der Waals surface area (Å²) in [6.45, 7) is 8.50. The monoisotopic (exact) mass is 389 g/mol. The molecule has 0 saturated heterocycles. The highest BCUT2D eigenvalue weighted by molar-refractivity contribution is 8.00. The number of carbonyl (C=O) groups is 2. The van der Waals surface area contributed by atoms with Gasteiger partial charge in [0.15, 0.2) is 5.16 Å². The molecule has 0 aliphatic carbocycles. The molecule has 0 fully saturated rings. The Kier molecular flexibility index (Phi) is 7.41. The van der Waals surface area contributed by atoms with Crippen LogP contribution in [0.4, 0.5) is 5.69 Å². The number of hydrogen-bond donors (Lipinski definition) is 1. The average Bonchev–Trinajstić information content (AvgIpc) is 3.00. The summed E-state index contributed by atoms with van der Waals surface area (Å²) in [6, 6.07) is 7.68. The van der Waals surface area contributed by atoms with Crippen molar-refractivity contribution >= 4 is 29.3 Å². The summed E-state index contributed by atoms with van der Waals surface area (Å²) in [5.74, 6) is 0.487. The van der Waals surface area contributed by atoms with E-state index in [-0.39, 0.29) is 23.6 Å². The molecule has 2 aromatic rings. The van der Waals surface area contributed by atoms with Crippen LogP contribution < -0.4 is 5.32 Å². The van der Waals surface area contributed by atoms with Crippen LogP contribution in [0.15, 0.2) is 29.4 Å². The molecule has 0 saturated carbocycles. The van der Waals surface area contributed by atoms with Gasteiger partial charge < -0.3 is 14.8 Å². The molecule has 0 bridgehead atoms. The Balaban J connectivity index is 1.94. The summed E-state index contributed by atoms with van der Waals surface area (Å²) in [4.78, 5) is 26.4. The first-order valence-corrected chi connectivity index (χ1v) is 9.94. The van der Waals surface area contributed by atoms with E-state index in [9.17, 15) is 9.59 Å². The maximum absolute atomic E-state index is 12.6. The number of amides is 2. The molecule has 1 atom stereocenters. The summed E-state index contributed by atoms with van der Waals surface area (Å²) in [5, 5.41) is 11.4. The third kappa shape index (κ3) is 5.32. The molecule has 1 aromatic carbocycles. The van der Waals surface area contributed by atoms with Crippen molar-refractivity contribution in [3.05, 3.63) is 35.7 Å². The van der Waals surface area contributed by atoms with Crippen molar-refractivity contribution in [1.29, 1.82) is 0 Å². The van der Waals surface area contributed by atoms with E-state index in [0.29, 0.717) is 5.16 Å². The fourth-order valence-electron chi connectivity index (χ4n) is 2.77. The Hall–Kier alpha value is -2.35. The minimum absolute atomic E-state index is 0.00127. The van der Waals surface area contributed by atoms with Crippen LogP contribution in [0, 0.1) is 6.92 Å². The number of hydrogen-bond acceptors (Lipinski definition) is 5. The lowest BCUT2D eigenvalue weighted by Gasteiger charge is -2.21. The second-order valence-corrected chi connectivity index (χ2v) is 7.60. The molecule has 0 spiro atoms. The van der Waals surface area contributed by atoms with Crippen LogP contribution in [0.1, 0.15) is 32.2 Å². The number of anilines is 1. The summed E-state index contributed by atoms with van der Waals surface area (Å²) in [6.07, 6.45) is 0.830. The van der Waals surface area contributed by atoms with Crippen molar-refractivity contribution in [3.8, 4) is 0 Å². The van der Waals surface area contributed by atoms with E-state index in [1.54, 1.807) is 7.05 Å². The zero-order valence-corrected chi connectivity index (χ0v) is 17.3. The first-order valence-electron chi connectivity index (χ1n) is 9.06. The lowest BCUT2D eigenvalue weighted by atomic mass is 10.1. The van der Waals surface area contributed by atoms with Crippen LogP contribution in [0.2, 0.25) is 0 Å². The van der Waals surface area contributed by atoms with Crippen molar-refractivity contribution < 1.29 is 9.59 Å². The number of aryl methyl sites for hydroxylation is 2. The maximum Gasteiger partial charge on any atom is 0.243 e. The van der Waals surface area contributed by atoms with Crippen molar-refractivity contribution in [2.24, 2.45) is 0 Å². The second-order valence-electron chi connectivity index (χ2n) is 6.29. The fraction of sp³-hybridized carbons (Fsp3) is 0.474. The third-order valence-electron chi connectivity index (χ3n) is 4.28. The van der Waals surface area contributed by atoms with Crippen molar-refractivity contribution in [2.75, 3.05) is 18.9 Å². The molecule has 0 aliphatic heterocycles. The van der Waals surface area contributed by atoms with Gasteiger partial charge >= 0.3 is 0 Å². The van der Waals surface area contributed by atoms with Gasteiger partial charge in [0.2, 0.25) is 11.8 Å². The molecular weight excluding hydrogens is 362 g/mol. The van der Waals surface area contributed by atoms with Crippen LogP contribution in [-0.2, 0) is 22.6 Å². The van der Waals surface area contributed by atoms with Gasteiger partial charge in [-0.25, -0.2) is 0 Å². The van der Waals surface area contributed by atoms with Gasteiger partial charge in [0.05, 0.1) is 11.8 Å². The standard InChI is InChI=1S/C19H27N5O2S/c1-6-15-10-8-9-11-16(15)20-17(25)12-23(5)18(26)13(3)27-19-22-21-14(4)24(19)7-2/h8-11,13H,6-7,12H2,1-5H3,(H,20,25). The number of aromatic nitrogens is 3. The molecule has 1 N–H and O–H groups in total. The normalized spacial score (nSPS) is 11.9. The summed E-state index contributed by atoms with van der Waals surface area (Å²) < 4.78 is 1.96. The summed E-state index contributed by atoms with van der Waals surface area (Å²) in [5.41, 5.74) is 1.86. The van der Waals surface area contributed by atoms with Crippen LogP contribution >= 0.6 is 11.8 Å². The molecule has 0 aliphatic rings. The molecule has 1 unspecified atom stereocenters. The van der Waals surface area contributed by atoms with Gasteiger partial charge in [-0.15, -0.1) is 10.2 Å². The average molecular weight is 390 g/mol. The fourth-order valence-corrected chi connectivity index (χ4v) is 3.84. The lowest BCUT2D eigenvalue weighted by Crippen LogP contribution is -2.39. The van der Waals surface area contributed by atoms with E-state index in [0.717, 1.165) is 30.0 Å². The Morgan fingerprint density at radius 2 is 1.96 bits per heavy atom. The first kappa shape index (κ1) is 21.0. The Labute approximate surface area is 164 Å². The highest BCUT2D eigenvalue weighted by Crippen LogP contribution is 2.23. The first-order chi connectivity index (χ1) is 12.9. The SMILES string of the molecule is CCc1ccccc1NC(=O)CN(C)C(=O)C(C)Sc1nnc(C)n1CC. The molecule has 1 aromatic heterocycles. The topological polar surface area (TPSA) is 80.1 Å². The van der Waals surface area contributed by atoms with E-state index in [2.05, 4.69) is 15.5 Å². The molecular formula is C19H27N5O2S. The number of nitrogens with one attached hydrogen (secondary N) is 1. The van der Waals surface area contributed by atoms with Gasteiger partial charge in [0.25, 0.3) is 0 Å². The van der Waals surface area contributed by atoms with E-state index in [1.807, 2.05) is 56.5 Å². The largest absolute Gasteiger partial charge is 0.335 e. The van der Waals surface area contributed by atoms with Crippen molar-refractivity contribution in [3.63, 3.8) is 0 Å². The maximum atomic E-state index is 12.6. The smallest absolute Gasteiger partial charge is 0.243 e. The third-order valence-corrected chi connectivity index (χ3v) is 5.35. The van der Waals surface area contributed by atoms with Crippen LogP contribution in [0.25, 0.3) is 0 Å². The van der Waals surface area contributed by atoms with Gasteiger partial charge in [0.1, 0.15) is 5.82 Å². The molecule has 2 amide bonds. The van der Waals surface area contributed by atoms with Gasteiger partial charge in [-0.1, -0.05) is 36.9 Å². The van der Waals surface area contributed by atoms with Crippen molar-refractivity contribution in [1.82, 2.24) is 19.7 Å². The Morgan fingerprint density at radius 3 is 2.63 bits per heavy atom. The minimum atomic E-state index is -0.361.